The number of alkyl halides is 1. The molecule has 1 saturated heterocycles. The molecule has 1 heterocycles. The molecule has 0 radical (unpaired) electrons. The molecule has 1 aliphatic heterocycles. The fraction of sp³-hybridized carbons (Fsp3) is 0.588. The predicted molar refractivity (Wildman–Crippen MR) is 153 cm³/mol. The number of carbonyl (C=O) groups excluding carboxylic acids is 2. The highest BCUT2D eigenvalue weighted by atomic mass is 19.1. The van der Waals surface area contributed by atoms with Crippen LogP contribution in [-0.2, 0) is 14.3 Å². The van der Waals surface area contributed by atoms with Gasteiger partial charge in [-0.15, -0.1) is 0 Å². The van der Waals surface area contributed by atoms with E-state index in [4.69, 9.17) is 9.84 Å². The number of hydrogen-bond acceptors (Lipinski definition) is 5. The van der Waals surface area contributed by atoms with Crippen LogP contribution in [0, 0.1) is 35.0 Å². The van der Waals surface area contributed by atoms with Crippen LogP contribution in [0.5, 0.6) is 0 Å². The first-order valence-electron chi connectivity index (χ1n) is 15.0. The van der Waals surface area contributed by atoms with Crippen LogP contribution in [0.4, 0.5) is 10.1 Å². The van der Waals surface area contributed by atoms with Gasteiger partial charge in [-0.3, -0.25) is 9.59 Å². The van der Waals surface area contributed by atoms with Gasteiger partial charge in [0.25, 0.3) is 0 Å². The lowest BCUT2D eigenvalue weighted by molar-refractivity contribution is -0.131. The summed E-state index contributed by atoms with van der Waals surface area (Å²) < 4.78 is 21.3. The van der Waals surface area contributed by atoms with Crippen LogP contribution in [0.2, 0.25) is 0 Å². The van der Waals surface area contributed by atoms with Crippen molar-refractivity contribution in [3.63, 3.8) is 0 Å². The second-order valence-corrected chi connectivity index (χ2v) is 12.6. The third kappa shape index (κ3) is 4.86. The summed E-state index contributed by atoms with van der Waals surface area (Å²) in [6.07, 6.45) is 6.91. The van der Waals surface area contributed by atoms with Crippen molar-refractivity contribution in [1.82, 2.24) is 0 Å². The highest BCUT2D eigenvalue weighted by Crippen LogP contribution is 2.66. The Balaban J connectivity index is 1.36. The lowest BCUT2D eigenvalue weighted by Crippen LogP contribution is -2.46. The summed E-state index contributed by atoms with van der Waals surface area (Å²) in [6, 6.07) is 8.96. The Bertz CT molecular complexity index is 1280. The molecule has 6 rings (SSSR count). The van der Waals surface area contributed by atoms with E-state index < -0.39 is 6.17 Å². The van der Waals surface area contributed by atoms with Gasteiger partial charge < -0.3 is 14.7 Å². The minimum atomic E-state index is -1.13. The van der Waals surface area contributed by atoms with E-state index in [9.17, 15) is 9.59 Å². The van der Waals surface area contributed by atoms with Crippen molar-refractivity contribution in [2.75, 3.05) is 37.8 Å². The summed E-state index contributed by atoms with van der Waals surface area (Å²) in [5.41, 5.74) is 5.27. The molecule has 2 saturated carbocycles. The van der Waals surface area contributed by atoms with Crippen LogP contribution >= 0.6 is 0 Å². The number of allylic oxidation sites excluding steroid dienone is 4. The third-order valence-electron chi connectivity index (χ3n) is 10.5. The maximum atomic E-state index is 15.7. The molecule has 0 aromatic heterocycles. The molecule has 6 heteroatoms. The van der Waals surface area contributed by atoms with Crippen molar-refractivity contribution in [1.29, 1.82) is 0 Å². The van der Waals surface area contributed by atoms with Gasteiger partial charge in [0.15, 0.2) is 11.6 Å². The van der Waals surface area contributed by atoms with Gasteiger partial charge in [0.2, 0.25) is 0 Å². The summed E-state index contributed by atoms with van der Waals surface area (Å²) in [5.74, 6) is 5.67. The zero-order valence-corrected chi connectivity index (χ0v) is 23.5. The number of hydrogen-bond donors (Lipinski definition) is 1. The minimum absolute atomic E-state index is 0.0155. The smallest absolute Gasteiger partial charge is 0.162 e. The van der Waals surface area contributed by atoms with E-state index in [0.29, 0.717) is 24.8 Å². The number of carbonyl (C=O) groups is 2. The van der Waals surface area contributed by atoms with E-state index >= 15 is 4.39 Å². The number of nitrogens with zero attached hydrogens (tertiary/aromatic N) is 1. The number of rotatable bonds is 6. The van der Waals surface area contributed by atoms with Crippen molar-refractivity contribution in [2.24, 2.45) is 23.2 Å². The van der Waals surface area contributed by atoms with Crippen LogP contribution in [0.15, 0.2) is 47.1 Å². The zero-order valence-electron chi connectivity index (χ0n) is 23.5. The molecule has 1 N–H and O–H groups in total. The van der Waals surface area contributed by atoms with Gasteiger partial charge >= 0.3 is 0 Å². The molecule has 6 atom stereocenters. The number of Topliss-reactive ketones (excluding diaryl/α,β-unsaturated/α-hetero) is 1. The van der Waals surface area contributed by atoms with Gasteiger partial charge in [0, 0.05) is 37.0 Å². The van der Waals surface area contributed by atoms with E-state index in [1.165, 1.54) is 29.7 Å². The lowest BCUT2D eigenvalue weighted by atomic mass is 9.51. The third-order valence-corrected chi connectivity index (χ3v) is 10.5. The number of anilines is 1. The molecular formula is C34H40FNO4. The topological polar surface area (TPSA) is 66.8 Å². The summed E-state index contributed by atoms with van der Waals surface area (Å²) in [5, 5.41) is 8.85. The molecule has 1 unspecified atom stereocenters. The highest BCUT2D eigenvalue weighted by Gasteiger charge is 2.59. The Morgan fingerprint density at radius 2 is 1.93 bits per heavy atom. The Labute approximate surface area is 236 Å². The van der Waals surface area contributed by atoms with Crippen LogP contribution in [-0.4, -0.2) is 55.8 Å². The summed E-state index contributed by atoms with van der Waals surface area (Å²) in [6.45, 7) is 4.37. The number of aliphatic hydroxyl groups is 1. The van der Waals surface area contributed by atoms with E-state index in [1.807, 2.05) is 0 Å². The molecule has 3 fully saturated rings. The quantitative estimate of drug-likeness (QED) is 0.387. The second-order valence-electron chi connectivity index (χ2n) is 12.6. The summed E-state index contributed by atoms with van der Waals surface area (Å²) in [7, 11) is 0. The molecule has 0 spiro atoms. The maximum absolute atomic E-state index is 15.7. The fourth-order valence-corrected chi connectivity index (χ4v) is 8.76. The van der Waals surface area contributed by atoms with Crippen LogP contribution in [0.1, 0.15) is 69.8 Å². The Hall–Kier alpha value is -2.75. The SMILES string of the molecule is C[C@]12C[C@H](c3ccc(N4CCCC4)cc3)C3=C4CCC(=O)C=C4C(F)C[C@H]3[C@@H]1CC[C@@H]2C(=O)COCC#CCO. The molecular weight excluding hydrogens is 505 g/mol. The van der Waals surface area contributed by atoms with Gasteiger partial charge in [-0.2, -0.15) is 0 Å². The Kier molecular flexibility index (Phi) is 7.72. The van der Waals surface area contributed by atoms with Crippen molar-refractivity contribution >= 4 is 17.3 Å². The van der Waals surface area contributed by atoms with Crippen molar-refractivity contribution in [2.45, 2.75) is 70.4 Å². The summed E-state index contributed by atoms with van der Waals surface area (Å²) in [4.78, 5) is 28.2. The van der Waals surface area contributed by atoms with Gasteiger partial charge in [0.05, 0.1) is 0 Å². The van der Waals surface area contributed by atoms with Crippen molar-refractivity contribution < 1.29 is 23.8 Å². The van der Waals surface area contributed by atoms with Crippen LogP contribution in [0.3, 0.4) is 0 Å². The predicted octanol–water partition coefficient (Wildman–Crippen LogP) is 5.33. The Morgan fingerprint density at radius 1 is 1.15 bits per heavy atom. The van der Waals surface area contributed by atoms with Gasteiger partial charge in [0.1, 0.15) is 26.0 Å². The number of benzene rings is 1. The monoisotopic (exact) mass is 545 g/mol. The number of ketones is 2. The molecule has 5 aliphatic rings. The van der Waals surface area contributed by atoms with E-state index in [0.717, 1.165) is 37.9 Å². The first-order valence-corrected chi connectivity index (χ1v) is 15.0. The molecule has 212 valence electrons. The maximum Gasteiger partial charge on any atom is 0.162 e. The van der Waals surface area contributed by atoms with E-state index in [-0.39, 0.29) is 60.5 Å². The number of fused-ring (bicyclic) bond motifs is 4. The second kappa shape index (κ2) is 11.3. The zero-order chi connectivity index (χ0) is 27.9. The van der Waals surface area contributed by atoms with Gasteiger partial charge in [-0.05, 0) is 97.1 Å². The number of aliphatic hydroxyl groups excluding tert-OH is 1. The first kappa shape index (κ1) is 27.4. The van der Waals surface area contributed by atoms with Crippen molar-refractivity contribution in [3.8, 4) is 11.8 Å². The number of halogens is 1. The summed E-state index contributed by atoms with van der Waals surface area (Å²) >= 11 is 0. The molecule has 1 aromatic rings. The largest absolute Gasteiger partial charge is 0.384 e. The van der Waals surface area contributed by atoms with Gasteiger partial charge in [-0.1, -0.05) is 36.5 Å². The van der Waals surface area contributed by atoms with Crippen molar-refractivity contribution in [3.05, 3.63) is 52.6 Å². The minimum Gasteiger partial charge on any atom is -0.384 e. The molecule has 0 amide bonds. The molecule has 40 heavy (non-hydrogen) atoms. The van der Waals surface area contributed by atoms with Gasteiger partial charge in [-0.25, -0.2) is 4.39 Å². The van der Waals surface area contributed by atoms with E-state index in [2.05, 4.69) is 47.9 Å². The average Bonchev–Trinajstić information content (AvgIpc) is 3.61. The van der Waals surface area contributed by atoms with Crippen LogP contribution < -0.4 is 4.90 Å². The Morgan fingerprint density at radius 3 is 2.67 bits per heavy atom. The highest BCUT2D eigenvalue weighted by molar-refractivity contribution is 5.93. The first-order chi connectivity index (χ1) is 19.4. The lowest BCUT2D eigenvalue weighted by Gasteiger charge is -2.53. The van der Waals surface area contributed by atoms with E-state index in [1.54, 1.807) is 6.08 Å². The molecule has 4 aliphatic carbocycles. The molecule has 5 nitrogen and oxygen atoms in total. The number of ether oxygens (including phenoxy) is 1. The van der Waals surface area contributed by atoms with Crippen LogP contribution in [0.25, 0.3) is 0 Å². The fourth-order valence-electron chi connectivity index (χ4n) is 8.76. The average molecular weight is 546 g/mol. The normalized spacial score (nSPS) is 33.1. The standard InChI is InChI=1S/C34H40FNO4/c1-34-20-28(22-6-8-23(9-7-22)36-14-2-3-15-36)33-25-11-10-24(38)18-26(25)31(35)19-27(33)29(34)12-13-30(34)32(39)21-40-17-5-4-16-37/h6-9,18,27-31,37H,2-3,10-17,19-21H2,1H3/t27-,28+,29-,30+,31?,34-/m0/s1. The molecule has 0 bridgehead atoms. The molecule has 1 aromatic carbocycles.